The third-order valence-corrected chi connectivity index (χ3v) is 2.93. The van der Waals surface area contributed by atoms with Gasteiger partial charge in [-0.3, -0.25) is 0 Å². The summed E-state index contributed by atoms with van der Waals surface area (Å²) in [5.41, 5.74) is -3.39. The summed E-state index contributed by atoms with van der Waals surface area (Å²) in [5, 5.41) is 12.1. The van der Waals surface area contributed by atoms with Gasteiger partial charge in [-0.05, 0) is 0 Å². The second kappa shape index (κ2) is 5.53. The molecule has 0 unspecified atom stereocenters. The number of halogens is 8. The first-order chi connectivity index (χ1) is 10.4. The Kier molecular flexibility index (Phi) is 4.28. The fraction of sp³-hybridized carbons (Fsp3) is 0.375. The number of aromatic nitrogens is 6. The van der Waals surface area contributed by atoms with E-state index in [2.05, 4.69) is 20.6 Å². The van der Waals surface area contributed by atoms with Gasteiger partial charge in [0.2, 0.25) is 3.79 Å². The highest BCUT2D eigenvalue weighted by atomic mass is 35.6. The molecule has 2 heterocycles. The minimum absolute atomic E-state index is 0.0311. The molecule has 15 heteroatoms. The van der Waals surface area contributed by atoms with Crippen molar-refractivity contribution < 1.29 is 26.7 Å². The Balaban J connectivity index is 2.67. The summed E-state index contributed by atoms with van der Waals surface area (Å²) in [5.74, 6) is -5.51. The third kappa shape index (κ3) is 3.10. The molecule has 0 saturated carbocycles. The van der Waals surface area contributed by atoms with Gasteiger partial charge in [0.05, 0.1) is 12.4 Å². The van der Waals surface area contributed by atoms with Crippen molar-refractivity contribution in [3.8, 4) is 0 Å². The standard InChI is InChI=1S/C8H2Cl3F5N6O/c9-7(10,11)4-3(6(12,13)8(14,15)16)18-20-22(4)5(23)21-2-1-17-19-21/h1-2H. The zero-order valence-electron chi connectivity index (χ0n) is 10.3. The van der Waals surface area contributed by atoms with Crippen LogP contribution >= 0.6 is 34.8 Å². The summed E-state index contributed by atoms with van der Waals surface area (Å²) in [4.78, 5) is 12.0. The molecule has 2 rings (SSSR count). The van der Waals surface area contributed by atoms with Gasteiger partial charge in [0.1, 0.15) is 5.69 Å². The van der Waals surface area contributed by atoms with Crippen LogP contribution in [0.15, 0.2) is 12.4 Å². The Morgan fingerprint density at radius 3 is 2.13 bits per heavy atom. The van der Waals surface area contributed by atoms with Crippen LogP contribution in [0.4, 0.5) is 26.7 Å². The van der Waals surface area contributed by atoms with E-state index in [-0.39, 0.29) is 4.68 Å². The Hall–Kier alpha value is -1.53. The zero-order chi connectivity index (χ0) is 17.6. The Morgan fingerprint density at radius 1 is 1.09 bits per heavy atom. The van der Waals surface area contributed by atoms with Crippen LogP contribution < -0.4 is 0 Å². The topological polar surface area (TPSA) is 78.5 Å². The van der Waals surface area contributed by atoms with Crippen LogP contribution in [0.1, 0.15) is 11.4 Å². The molecule has 0 aromatic carbocycles. The van der Waals surface area contributed by atoms with E-state index in [1.54, 1.807) is 0 Å². The Labute approximate surface area is 137 Å². The number of hydrogen-bond acceptors (Lipinski definition) is 5. The number of rotatable bonds is 1. The molecular formula is C8H2Cl3F5N6O. The van der Waals surface area contributed by atoms with Crippen LogP contribution in [0.2, 0.25) is 0 Å². The summed E-state index contributed by atoms with van der Waals surface area (Å²) in [6.45, 7) is 0. The molecule has 2 aromatic rings. The highest BCUT2D eigenvalue weighted by Crippen LogP contribution is 2.49. The van der Waals surface area contributed by atoms with Crippen molar-refractivity contribution in [1.29, 1.82) is 0 Å². The SMILES string of the molecule is O=C(n1ccnn1)n1nnc(C(F)(F)C(F)(F)F)c1C(Cl)(Cl)Cl. The van der Waals surface area contributed by atoms with Crippen LogP contribution in [0, 0.1) is 0 Å². The van der Waals surface area contributed by atoms with Crippen LogP contribution in [0.3, 0.4) is 0 Å². The highest BCUT2D eigenvalue weighted by molar-refractivity contribution is 6.66. The quantitative estimate of drug-likeness (QED) is 0.544. The van der Waals surface area contributed by atoms with Crippen LogP contribution in [0.25, 0.3) is 0 Å². The monoisotopic (exact) mass is 398 g/mol. The molecule has 0 fully saturated rings. The molecule has 0 aliphatic rings. The molecule has 0 N–H and O–H groups in total. The fourth-order valence-corrected chi connectivity index (χ4v) is 1.93. The molecule has 0 saturated heterocycles. The lowest BCUT2D eigenvalue weighted by atomic mass is 10.2. The largest absolute Gasteiger partial charge is 0.459 e. The van der Waals surface area contributed by atoms with Crippen LogP contribution in [0.5, 0.6) is 0 Å². The van der Waals surface area contributed by atoms with Gasteiger partial charge in [-0.1, -0.05) is 45.2 Å². The van der Waals surface area contributed by atoms with E-state index in [4.69, 9.17) is 34.8 Å². The predicted molar refractivity (Wildman–Crippen MR) is 65.4 cm³/mol. The molecule has 0 radical (unpaired) electrons. The average molecular weight is 399 g/mol. The van der Waals surface area contributed by atoms with E-state index in [9.17, 15) is 26.7 Å². The lowest BCUT2D eigenvalue weighted by Gasteiger charge is -2.21. The van der Waals surface area contributed by atoms with Gasteiger partial charge in [-0.25, -0.2) is 4.79 Å². The fourth-order valence-electron chi connectivity index (χ4n) is 1.42. The van der Waals surface area contributed by atoms with Crippen LogP contribution in [-0.4, -0.2) is 42.2 Å². The minimum atomic E-state index is -6.05. The number of carbonyl (C=O) groups is 1. The molecule has 126 valence electrons. The van der Waals surface area contributed by atoms with Crippen molar-refractivity contribution in [2.75, 3.05) is 0 Å². The molecule has 23 heavy (non-hydrogen) atoms. The number of alkyl halides is 8. The first kappa shape index (κ1) is 17.8. The van der Waals surface area contributed by atoms with Crippen molar-refractivity contribution >= 4 is 40.8 Å². The van der Waals surface area contributed by atoms with E-state index < -0.39 is 33.3 Å². The maximum atomic E-state index is 13.5. The molecular weight excluding hydrogens is 397 g/mol. The van der Waals surface area contributed by atoms with E-state index >= 15 is 0 Å². The second-order valence-electron chi connectivity index (χ2n) is 3.90. The average Bonchev–Trinajstić information content (AvgIpc) is 3.05. The number of hydrogen-bond donors (Lipinski definition) is 0. The number of nitrogens with zero attached hydrogens (tertiary/aromatic N) is 6. The summed E-state index contributed by atoms with van der Waals surface area (Å²) >= 11 is 16.2. The van der Waals surface area contributed by atoms with E-state index in [1.807, 2.05) is 0 Å². The molecule has 7 nitrogen and oxygen atoms in total. The van der Waals surface area contributed by atoms with Crippen molar-refractivity contribution in [2.45, 2.75) is 15.9 Å². The molecule has 0 aliphatic carbocycles. The lowest BCUT2D eigenvalue weighted by Crippen LogP contribution is -2.36. The minimum Gasteiger partial charge on any atom is -0.243 e. The molecule has 0 bridgehead atoms. The highest BCUT2D eigenvalue weighted by Gasteiger charge is 2.63. The molecule has 0 aliphatic heterocycles. The van der Waals surface area contributed by atoms with Crippen molar-refractivity contribution in [3.05, 3.63) is 23.8 Å². The first-order valence-electron chi connectivity index (χ1n) is 5.26. The van der Waals surface area contributed by atoms with Gasteiger partial charge in [0, 0.05) is 0 Å². The van der Waals surface area contributed by atoms with Crippen molar-refractivity contribution in [1.82, 2.24) is 30.0 Å². The maximum absolute atomic E-state index is 13.5. The van der Waals surface area contributed by atoms with Crippen molar-refractivity contribution in [2.24, 2.45) is 0 Å². The Bertz CT molecular complexity index is 722. The molecule has 0 atom stereocenters. The second-order valence-corrected chi connectivity index (χ2v) is 6.18. The lowest BCUT2D eigenvalue weighted by molar-refractivity contribution is -0.291. The van der Waals surface area contributed by atoms with E-state index in [0.717, 1.165) is 12.4 Å². The number of carbonyl (C=O) groups excluding carboxylic acids is 1. The predicted octanol–water partition coefficient (Wildman–Crippen LogP) is 2.87. The van der Waals surface area contributed by atoms with E-state index in [0.29, 0.717) is 4.68 Å². The molecule has 2 aromatic heterocycles. The van der Waals surface area contributed by atoms with Gasteiger partial charge < -0.3 is 0 Å². The molecule has 0 spiro atoms. The van der Waals surface area contributed by atoms with Gasteiger partial charge in [0.15, 0.2) is 5.69 Å². The summed E-state index contributed by atoms with van der Waals surface area (Å²) < 4.78 is 62.1. The smallest absolute Gasteiger partial charge is 0.243 e. The van der Waals surface area contributed by atoms with Gasteiger partial charge in [0.25, 0.3) is 0 Å². The van der Waals surface area contributed by atoms with Crippen LogP contribution in [-0.2, 0) is 9.72 Å². The molecule has 0 amide bonds. The zero-order valence-corrected chi connectivity index (χ0v) is 12.5. The van der Waals surface area contributed by atoms with Gasteiger partial charge in [-0.2, -0.15) is 31.3 Å². The van der Waals surface area contributed by atoms with Gasteiger partial charge >= 0.3 is 18.1 Å². The summed E-state index contributed by atoms with van der Waals surface area (Å²) in [7, 11) is 0. The van der Waals surface area contributed by atoms with Crippen molar-refractivity contribution in [3.63, 3.8) is 0 Å². The maximum Gasteiger partial charge on any atom is 0.459 e. The van der Waals surface area contributed by atoms with E-state index in [1.165, 1.54) is 0 Å². The normalized spacial score (nSPS) is 13.4. The van der Waals surface area contributed by atoms with Gasteiger partial charge in [-0.15, -0.1) is 10.2 Å². The summed E-state index contributed by atoms with van der Waals surface area (Å²) in [6, 6.07) is -1.33. The third-order valence-electron chi connectivity index (χ3n) is 2.39. The Morgan fingerprint density at radius 2 is 1.70 bits per heavy atom. The summed E-state index contributed by atoms with van der Waals surface area (Å²) in [6.07, 6.45) is -4.04. The first-order valence-corrected chi connectivity index (χ1v) is 6.39.